The van der Waals surface area contributed by atoms with Crippen LogP contribution in [0, 0.1) is 0 Å². The highest BCUT2D eigenvalue weighted by molar-refractivity contribution is 5.33. The highest BCUT2D eigenvalue weighted by atomic mass is 16.5. The maximum absolute atomic E-state index is 5.91. The fourth-order valence-electron chi connectivity index (χ4n) is 2.16. The molecule has 2 heterocycles. The maximum Gasteiger partial charge on any atom is 0.218 e. The molecule has 2 N–H and O–H groups in total. The van der Waals surface area contributed by atoms with Crippen molar-refractivity contribution in [2.45, 2.75) is 38.7 Å². The fraction of sp³-hybridized carbons (Fsp3) is 0.692. The Kier molecular flexibility index (Phi) is 4.36. The monoisotopic (exact) mass is 250 g/mol. The quantitative estimate of drug-likeness (QED) is 0.877. The van der Waals surface area contributed by atoms with Gasteiger partial charge < -0.3 is 15.4 Å². The van der Waals surface area contributed by atoms with Crippen LogP contribution in [0.1, 0.15) is 32.0 Å². The van der Waals surface area contributed by atoms with Crippen molar-refractivity contribution in [3.05, 3.63) is 11.9 Å². The smallest absolute Gasteiger partial charge is 0.218 e. The molecule has 0 radical (unpaired) electrons. The summed E-state index contributed by atoms with van der Waals surface area (Å²) in [6, 6.07) is 1.72. The number of rotatable bonds is 4. The van der Waals surface area contributed by atoms with Crippen LogP contribution in [0.3, 0.4) is 0 Å². The standard InChI is InChI=1S/C13H22N4O/c1-3-4-12-15-11(14)9-13(16-12)18-10-5-7-17(2)8-6-10/h9-10H,3-8H2,1-2H3,(H2,14,15,16). The molecule has 1 aliphatic rings. The summed E-state index contributed by atoms with van der Waals surface area (Å²) in [4.78, 5) is 10.9. The highest BCUT2D eigenvalue weighted by Gasteiger charge is 2.18. The summed E-state index contributed by atoms with van der Waals surface area (Å²) in [7, 11) is 2.14. The lowest BCUT2D eigenvalue weighted by Gasteiger charge is -2.29. The van der Waals surface area contributed by atoms with Crippen LogP contribution in [-0.2, 0) is 6.42 Å². The summed E-state index contributed by atoms with van der Waals surface area (Å²) in [6.07, 6.45) is 4.20. The average molecular weight is 250 g/mol. The molecule has 5 heteroatoms. The van der Waals surface area contributed by atoms with Gasteiger partial charge in [-0.15, -0.1) is 0 Å². The first kappa shape index (κ1) is 13.1. The average Bonchev–Trinajstić information content (AvgIpc) is 2.32. The summed E-state index contributed by atoms with van der Waals surface area (Å²) in [5.74, 6) is 1.90. The van der Waals surface area contributed by atoms with Crippen molar-refractivity contribution < 1.29 is 4.74 Å². The number of hydrogen-bond acceptors (Lipinski definition) is 5. The Hall–Kier alpha value is -1.36. The molecule has 0 unspecified atom stereocenters. The summed E-state index contributed by atoms with van der Waals surface area (Å²) in [5.41, 5.74) is 5.78. The Bertz CT molecular complexity index is 389. The van der Waals surface area contributed by atoms with Crippen LogP contribution >= 0.6 is 0 Å². The van der Waals surface area contributed by atoms with E-state index < -0.39 is 0 Å². The second kappa shape index (κ2) is 6.00. The molecule has 0 spiro atoms. The Morgan fingerprint density at radius 2 is 2.11 bits per heavy atom. The molecule has 100 valence electrons. The van der Waals surface area contributed by atoms with E-state index in [2.05, 4.69) is 28.8 Å². The van der Waals surface area contributed by atoms with Crippen LogP contribution in [0.5, 0.6) is 5.88 Å². The number of likely N-dealkylation sites (tertiary alicyclic amines) is 1. The Morgan fingerprint density at radius 3 is 2.78 bits per heavy atom. The molecular formula is C13H22N4O. The lowest BCUT2D eigenvalue weighted by Crippen LogP contribution is -2.35. The highest BCUT2D eigenvalue weighted by Crippen LogP contribution is 2.18. The predicted molar refractivity (Wildman–Crippen MR) is 71.6 cm³/mol. The number of nitrogens with zero attached hydrogens (tertiary/aromatic N) is 3. The van der Waals surface area contributed by atoms with Crippen molar-refractivity contribution in [2.75, 3.05) is 25.9 Å². The van der Waals surface area contributed by atoms with E-state index in [0.29, 0.717) is 11.7 Å². The molecule has 0 aliphatic carbocycles. The Balaban J connectivity index is 2.00. The molecule has 1 aliphatic heterocycles. The zero-order valence-electron chi connectivity index (χ0n) is 11.2. The van der Waals surface area contributed by atoms with Gasteiger partial charge in [0.15, 0.2) is 0 Å². The van der Waals surface area contributed by atoms with Crippen LogP contribution in [0.25, 0.3) is 0 Å². The molecule has 0 atom stereocenters. The van der Waals surface area contributed by atoms with Crippen molar-refractivity contribution in [3.8, 4) is 5.88 Å². The molecule has 0 bridgehead atoms. The SMILES string of the molecule is CCCc1nc(N)cc(OC2CCN(C)CC2)n1. The van der Waals surface area contributed by atoms with Gasteiger partial charge in [-0.25, -0.2) is 4.98 Å². The van der Waals surface area contributed by atoms with Crippen molar-refractivity contribution in [3.63, 3.8) is 0 Å². The summed E-state index contributed by atoms with van der Waals surface area (Å²) >= 11 is 0. The second-order valence-corrected chi connectivity index (χ2v) is 4.92. The number of ether oxygens (including phenoxy) is 1. The first-order valence-electron chi connectivity index (χ1n) is 6.66. The van der Waals surface area contributed by atoms with Crippen LogP contribution in [0.4, 0.5) is 5.82 Å². The minimum atomic E-state index is 0.255. The number of aromatic nitrogens is 2. The molecule has 1 saturated heterocycles. The lowest BCUT2D eigenvalue weighted by atomic mass is 10.1. The predicted octanol–water partition coefficient (Wildman–Crippen LogP) is 1.48. The molecule has 0 amide bonds. The zero-order valence-corrected chi connectivity index (χ0v) is 11.2. The molecule has 1 aromatic rings. The number of nitrogen functional groups attached to an aromatic ring is 1. The van der Waals surface area contributed by atoms with Gasteiger partial charge in [0.1, 0.15) is 17.7 Å². The van der Waals surface area contributed by atoms with Gasteiger partial charge in [-0.1, -0.05) is 6.92 Å². The topological polar surface area (TPSA) is 64.3 Å². The van der Waals surface area contributed by atoms with E-state index in [0.717, 1.165) is 44.6 Å². The van der Waals surface area contributed by atoms with Gasteiger partial charge in [-0.2, -0.15) is 4.98 Å². The van der Waals surface area contributed by atoms with Gasteiger partial charge in [-0.05, 0) is 26.3 Å². The third kappa shape index (κ3) is 3.57. The van der Waals surface area contributed by atoms with Gasteiger partial charge in [0, 0.05) is 25.6 Å². The number of anilines is 1. The second-order valence-electron chi connectivity index (χ2n) is 4.92. The van der Waals surface area contributed by atoms with E-state index in [1.165, 1.54) is 0 Å². The van der Waals surface area contributed by atoms with E-state index in [-0.39, 0.29) is 6.10 Å². The fourth-order valence-corrected chi connectivity index (χ4v) is 2.16. The molecule has 2 rings (SSSR count). The first-order chi connectivity index (χ1) is 8.67. The Morgan fingerprint density at radius 1 is 1.39 bits per heavy atom. The minimum Gasteiger partial charge on any atom is -0.474 e. The van der Waals surface area contributed by atoms with Gasteiger partial charge in [0.05, 0.1) is 0 Å². The van der Waals surface area contributed by atoms with Gasteiger partial charge in [0.25, 0.3) is 0 Å². The van der Waals surface area contributed by atoms with Gasteiger partial charge >= 0.3 is 0 Å². The molecule has 18 heavy (non-hydrogen) atoms. The van der Waals surface area contributed by atoms with E-state index in [9.17, 15) is 0 Å². The number of nitrogens with two attached hydrogens (primary N) is 1. The van der Waals surface area contributed by atoms with Crippen molar-refractivity contribution in [1.29, 1.82) is 0 Å². The van der Waals surface area contributed by atoms with E-state index in [4.69, 9.17) is 10.5 Å². The number of piperidine rings is 1. The van der Waals surface area contributed by atoms with Crippen molar-refractivity contribution in [1.82, 2.24) is 14.9 Å². The summed E-state index contributed by atoms with van der Waals surface area (Å²) in [6.45, 7) is 4.25. The maximum atomic E-state index is 5.91. The zero-order chi connectivity index (χ0) is 13.0. The summed E-state index contributed by atoms with van der Waals surface area (Å²) < 4.78 is 5.91. The van der Waals surface area contributed by atoms with Crippen LogP contribution in [0.2, 0.25) is 0 Å². The lowest BCUT2D eigenvalue weighted by molar-refractivity contribution is 0.109. The third-order valence-corrected chi connectivity index (χ3v) is 3.20. The minimum absolute atomic E-state index is 0.255. The first-order valence-corrected chi connectivity index (χ1v) is 6.66. The van der Waals surface area contributed by atoms with E-state index in [1.807, 2.05) is 0 Å². The largest absolute Gasteiger partial charge is 0.474 e. The molecule has 1 aromatic heterocycles. The van der Waals surface area contributed by atoms with Crippen LogP contribution in [-0.4, -0.2) is 41.1 Å². The van der Waals surface area contributed by atoms with Gasteiger partial charge in [-0.3, -0.25) is 0 Å². The van der Waals surface area contributed by atoms with Crippen molar-refractivity contribution >= 4 is 5.82 Å². The van der Waals surface area contributed by atoms with Crippen LogP contribution < -0.4 is 10.5 Å². The number of aryl methyl sites for hydroxylation is 1. The van der Waals surface area contributed by atoms with Crippen molar-refractivity contribution in [2.24, 2.45) is 0 Å². The summed E-state index contributed by atoms with van der Waals surface area (Å²) in [5, 5.41) is 0. The molecule has 0 saturated carbocycles. The molecule has 5 nitrogen and oxygen atoms in total. The molecule has 0 aromatic carbocycles. The Labute approximate surface area is 108 Å². The molecule has 1 fully saturated rings. The van der Waals surface area contributed by atoms with E-state index >= 15 is 0 Å². The third-order valence-electron chi connectivity index (χ3n) is 3.20. The number of hydrogen-bond donors (Lipinski definition) is 1. The van der Waals surface area contributed by atoms with E-state index in [1.54, 1.807) is 6.07 Å². The van der Waals surface area contributed by atoms with Crippen LogP contribution in [0.15, 0.2) is 6.07 Å². The normalized spacial score (nSPS) is 17.9. The van der Waals surface area contributed by atoms with Gasteiger partial charge in [0.2, 0.25) is 5.88 Å². The molecular weight excluding hydrogens is 228 g/mol.